The van der Waals surface area contributed by atoms with Crippen LogP contribution in [0.5, 0.6) is 0 Å². The summed E-state index contributed by atoms with van der Waals surface area (Å²) in [5.41, 5.74) is 1.02. The van der Waals surface area contributed by atoms with E-state index in [-0.39, 0.29) is 29.7 Å². The average Bonchev–Trinajstić information content (AvgIpc) is 3.51. The molecule has 152 valence electrons. The molecule has 1 unspecified atom stereocenters. The molecule has 3 rings (SSSR count). The van der Waals surface area contributed by atoms with E-state index in [2.05, 4.69) is 15.5 Å². The standard InChI is InChI=1S/C21H29N3O4/c1-2-28-21(27)15-6-5-12-24(14-15)13-11-19(25)23-18-8-4-3-7-17(18)20(26)22-16-9-10-16/h3-4,7-8,15-16H,2,5-6,9-14H2,1H3,(H,22,26)(H,23,25). The van der Waals surface area contributed by atoms with E-state index >= 15 is 0 Å². The van der Waals surface area contributed by atoms with Gasteiger partial charge in [0.2, 0.25) is 5.91 Å². The van der Waals surface area contributed by atoms with Gasteiger partial charge in [0.1, 0.15) is 0 Å². The van der Waals surface area contributed by atoms with Crippen molar-refractivity contribution in [3.63, 3.8) is 0 Å². The number of hydrogen-bond acceptors (Lipinski definition) is 5. The van der Waals surface area contributed by atoms with Crippen molar-refractivity contribution >= 4 is 23.5 Å². The first kappa shape index (κ1) is 20.3. The molecule has 1 aromatic carbocycles. The lowest BCUT2D eigenvalue weighted by Crippen LogP contribution is -2.40. The number of ether oxygens (including phenoxy) is 1. The fourth-order valence-electron chi connectivity index (χ4n) is 3.46. The van der Waals surface area contributed by atoms with Crippen molar-refractivity contribution < 1.29 is 19.1 Å². The zero-order valence-corrected chi connectivity index (χ0v) is 16.4. The number of anilines is 1. The highest BCUT2D eigenvalue weighted by molar-refractivity contribution is 6.03. The molecule has 2 amide bonds. The van der Waals surface area contributed by atoms with Crippen molar-refractivity contribution in [1.82, 2.24) is 10.2 Å². The lowest BCUT2D eigenvalue weighted by Gasteiger charge is -2.31. The average molecular weight is 387 g/mol. The van der Waals surface area contributed by atoms with Crippen LogP contribution in [0.1, 0.15) is 49.4 Å². The minimum Gasteiger partial charge on any atom is -0.466 e. The number of piperidine rings is 1. The molecule has 2 aliphatic rings. The Labute approximate surface area is 165 Å². The molecule has 7 nitrogen and oxygen atoms in total. The van der Waals surface area contributed by atoms with Crippen LogP contribution in [-0.2, 0) is 14.3 Å². The molecule has 0 bridgehead atoms. The molecule has 2 N–H and O–H groups in total. The maximum absolute atomic E-state index is 12.4. The van der Waals surface area contributed by atoms with Crippen LogP contribution in [0.25, 0.3) is 0 Å². The first-order valence-electron chi connectivity index (χ1n) is 10.2. The van der Waals surface area contributed by atoms with Gasteiger partial charge in [-0.3, -0.25) is 14.4 Å². The van der Waals surface area contributed by atoms with E-state index in [1.54, 1.807) is 24.3 Å². The third kappa shape index (κ3) is 5.79. The Balaban J connectivity index is 1.49. The van der Waals surface area contributed by atoms with Crippen LogP contribution in [0, 0.1) is 5.92 Å². The minimum absolute atomic E-state index is 0.108. The van der Waals surface area contributed by atoms with Crippen molar-refractivity contribution in [3.8, 4) is 0 Å². The first-order chi connectivity index (χ1) is 13.6. The molecule has 1 atom stereocenters. The van der Waals surface area contributed by atoms with Crippen molar-refractivity contribution in [1.29, 1.82) is 0 Å². The number of carbonyl (C=O) groups is 3. The van der Waals surface area contributed by atoms with Crippen LogP contribution < -0.4 is 10.6 Å². The monoisotopic (exact) mass is 387 g/mol. The summed E-state index contributed by atoms with van der Waals surface area (Å²) in [7, 11) is 0. The van der Waals surface area contributed by atoms with Crippen LogP contribution in [0.4, 0.5) is 5.69 Å². The molecule has 1 aromatic rings. The molecule has 1 heterocycles. The van der Waals surface area contributed by atoms with E-state index in [4.69, 9.17) is 4.74 Å². The van der Waals surface area contributed by atoms with Gasteiger partial charge in [0, 0.05) is 25.6 Å². The van der Waals surface area contributed by atoms with Gasteiger partial charge >= 0.3 is 5.97 Å². The second kappa shape index (κ2) is 9.68. The summed E-state index contributed by atoms with van der Waals surface area (Å²) in [5.74, 6) is -0.535. The van der Waals surface area contributed by atoms with Crippen molar-refractivity contribution in [2.24, 2.45) is 5.92 Å². The molecular weight excluding hydrogens is 358 g/mol. The maximum atomic E-state index is 12.4. The van der Waals surface area contributed by atoms with Gasteiger partial charge in [0.15, 0.2) is 0 Å². The van der Waals surface area contributed by atoms with E-state index in [1.165, 1.54) is 0 Å². The number of hydrogen-bond donors (Lipinski definition) is 2. The first-order valence-corrected chi connectivity index (χ1v) is 10.2. The molecule has 1 aliphatic carbocycles. The van der Waals surface area contributed by atoms with Crippen molar-refractivity contribution in [2.75, 3.05) is 31.6 Å². The van der Waals surface area contributed by atoms with E-state index in [0.29, 0.717) is 37.4 Å². The molecule has 1 saturated heterocycles. The molecule has 1 aliphatic heterocycles. The summed E-state index contributed by atoms with van der Waals surface area (Å²) in [4.78, 5) is 38.8. The smallest absolute Gasteiger partial charge is 0.310 e. The van der Waals surface area contributed by atoms with Crippen LogP contribution in [-0.4, -0.2) is 55.0 Å². The van der Waals surface area contributed by atoms with Gasteiger partial charge in [0.25, 0.3) is 5.91 Å². The van der Waals surface area contributed by atoms with Gasteiger partial charge in [-0.25, -0.2) is 0 Å². The van der Waals surface area contributed by atoms with Gasteiger partial charge in [-0.2, -0.15) is 0 Å². The molecule has 0 spiro atoms. The number of amides is 2. The second-order valence-electron chi connectivity index (χ2n) is 7.48. The number of para-hydroxylation sites is 1. The summed E-state index contributed by atoms with van der Waals surface area (Å²) in [6.07, 6.45) is 4.11. The molecule has 1 saturated carbocycles. The van der Waals surface area contributed by atoms with Gasteiger partial charge in [0.05, 0.1) is 23.8 Å². The summed E-state index contributed by atoms with van der Waals surface area (Å²) >= 11 is 0. The van der Waals surface area contributed by atoms with Crippen LogP contribution in [0.3, 0.4) is 0 Å². The summed E-state index contributed by atoms with van der Waals surface area (Å²) in [6, 6.07) is 7.33. The Bertz CT molecular complexity index is 717. The topological polar surface area (TPSA) is 87.7 Å². The Morgan fingerprint density at radius 1 is 1.18 bits per heavy atom. The molecule has 28 heavy (non-hydrogen) atoms. The van der Waals surface area contributed by atoms with Crippen LogP contribution in [0.2, 0.25) is 0 Å². The van der Waals surface area contributed by atoms with Gasteiger partial charge in [-0.15, -0.1) is 0 Å². The van der Waals surface area contributed by atoms with Crippen molar-refractivity contribution in [2.45, 2.75) is 45.1 Å². The van der Waals surface area contributed by atoms with E-state index in [1.807, 2.05) is 6.92 Å². The van der Waals surface area contributed by atoms with Crippen LogP contribution >= 0.6 is 0 Å². The van der Waals surface area contributed by atoms with E-state index < -0.39 is 0 Å². The highest BCUT2D eigenvalue weighted by Crippen LogP contribution is 2.22. The summed E-state index contributed by atoms with van der Waals surface area (Å²) in [5, 5.41) is 5.81. The third-order valence-corrected chi connectivity index (χ3v) is 5.14. The van der Waals surface area contributed by atoms with Crippen molar-refractivity contribution in [3.05, 3.63) is 29.8 Å². The quantitative estimate of drug-likeness (QED) is 0.668. The number of carbonyl (C=O) groups excluding carboxylic acids is 3. The number of nitrogens with one attached hydrogen (secondary N) is 2. The Hall–Kier alpha value is -2.41. The Kier molecular flexibility index (Phi) is 7.03. The molecule has 2 fully saturated rings. The summed E-state index contributed by atoms with van der Waals surface area (Å²) < 4.78 is 5.12. The second-order valence-corrected chi connectivity index (χ2v) is 7.48. The minimum atomic E-state index is -0.147. The number of benzene rings is 1. The predicted molar refractivity (Wildman–Crippen MR) is 106 cm³/mol. The van der Waals surface area contributed by atoms with E-state index in [0.717, 1.165) is 32.2 Å². The SMILES string of the molecule is CCOC(=O)C1CCCN(CCC(=O)Nc2ccccc2C(=O)NC2CC2)C1. The zero-order valence-electron chi connectivity index (χ0n) is 16.4. The Morgan fingerprint density at radius 3 is 2.71 bits per heavy atom. The Morgan fingerprint density at radius 2 is 1.96 bits per heavy atom. The third-order valence-electron chi connectivity index (χ3n) is 5.14. The predicted octanol–water partition coefficient (Wildman–Crippen LogP) is 2.18. The van der Waals surface area contributed by atoms with Gasteiger partial charge < -0.3 is 20.3 Å². The lowest BCUT2D eigenvalue weighted by molar-refractivity contribution is -0.149. The fourth-order valence-corrected chi connectivity index (χ4v) is 3.46. The number of nitrogens with zero attached hydrogens (tertiary/aromatic N) is 1. The lowest BCUT2D eigenvalue weighted by atomic mass is 9.98. The normalized spacial score (nSPS) is 19.7. The molecule has 0 aromatic heterocycles. The van der Waals surface area contributed by atoms with Gasteiger partial charge in [-0.05, 0) is 51.3 Å². The molecular formula is C21H29N3O4. The number of likely N-dealkylation sites (tertiary alicyclic amines) is 1. The fraction of sp³-hybridized carbons (Fsp3) is 0.571. The zero-order chi connectivity index (χ0) is 19.9. The van der Waals surface area contributed by atoms with E-state index in [9.17, 15) is 14.4 Å². The molecule has 0 radical (unpaired) electrons. The molecule has 7 heteroatoms. The highest BCUT2D eigenvalue weighted by Gasteiger charge is 2.27. The number of esters is 1. The maximum Gasteiger partial charge on any atom is 0.310 e. The highest BCUT2D eigenvalue weighted by atomic mass is 16.5. The largest absolute Gasteiger partial charge is 0.466 e. The summed E-state index contributed by atoms with van der Waals surface area (Å²) in [6.45, 7) is 4.30. The van der Waals surface area contributed by atoms with Crippen LogP contribution in [0.15, 0.2) is 24.3 Å². The number of rotatable bonds is 8. The van der Waals surface area contributed by atoms with Gasteiger partial charge in [-0.1, -0.05) is 12.1 Å².